The van der Waals surface area contributed by atoms with Gasteiger partial charge in [0.1, 0.15) is 0 Å². The van der Waals surface area contributed by atoms with Crippen molar-refractivity contribution in [3.05, 3.63) is 61.9 Å². The largest absolute Gasteiger partial charge is 0.454 e. The predicted molar refractivity (Wildman–Crippen MR) is 97.7 cm³/mol. The lowest BCUT2D eigenvalue weighted by atomic mass is 10.1. The molecule has 0 fully saturated rings. The predicted octanol–water partition coefficient (Wildman–Crippen LogP) is 2.80. The van der Waals surface area contributed by atoms with Gasteiger partial charge in [0.05, 0.1) is 15.6 Å². The van der Waals surface area contributed by atoms with Crippen LogP contribution >= 0.6 is 11.3 Å². The summed E-state index contributed by atoms with van der Waals surface area (Å²) in [6.45, 7) is 4.34. The summed E-state index contributed by atoms with van der Waals surface area (Å²) in [6, 6.07) is 9.73. The summed E-state index contributed by atoms with van der Waals surface area (Å²) in [6.07, 6.45) is 1.87. The first-order valence-electron chi connectivity index (χ1n) is 7.94. The number of aryl methyl sites for hydroxylation is 2. The van der Waals surface area contributed by atoms with Crippen molar-refractivity contribution in [2.24, 2.45) is 0 Å². The molecule has 5 nitrogen and oxygen atoms in total. The standard InChI is InChI=1S/C19H14N2O3S/c1-10-5-13-14(6-11(10)2)21-18(22)17(25-19(21)20-13)8-12-3-4-15-16(7-12)24-9-23-15/h3-8H,9H2,1-2H3/b17-8-. The van der Waals surface area contributed by atoms with Gasteiger partial charge < -0.3 is 9.47 Å². The number of ether oxygens (including phenoxy) is 2. The molecule has 2 aromatic heterocycles. The van der Waals surface area contributed by atoms with E-state index in [0.29, 0.717) is 10.3 Å². The van der Waals surface area contributed by atoms with Gasteiger partial charge in [-0.25, -0.2) is 9.38 Å². The fourth-order valence-corrected chi connectivity index (χ4v) is 4.06. The normalized spacial score (nSPS) is 14.1. The number of benzene rings is 2. The van der Waals surface area contributed by atoms with Gasteiger partial charge in [-0.1, -0.05) is 17.4 Å². The molecule has 1 aliphatic heterocycles. The Kier molecular flexibility index (Phi) is 2.93. The highest BCUT2D eigenvalue weighted by Crippen LogP contribution is 2.32. The van der Waals surface area contributed by atoms with E-state index in [4.69, 9.17) is 9.47 Å². The van der Waals surface area contributed by atoms with Crippen LogP contribution in [-0.4, -0.2) is 16.2 Å². The molecule has 0 saturated heterocycles. The van der Waals surface area contributed by atoms with E-state index >= 15 is 0 Å². The third kappa shape index (κ3) is 2.14. The number of nitrogens with zero attached hydrogens (tertiary/aromatic N) is 2. The fraction of sp³-hybridized carbons (Fsp3) is 0.158. The minimum absolute atomic E-state index is 0.0385. The first kappa shape index (κ1) is 14.5. The summed E-state index contributed by atoms with van der Waals surface area (Å²) in [5.74, 6) is 1.44. The van der Waals surface area contributed by atoms with Crippen LogP contribution in [0.4, 0.5) is 0 Å². The average molecular weight is 350 g/mol. The Morgan fingerprint density at radius 3 is 2.80 bits per heavy atom. The van der Waals surface area contributed by atoms with E-state index in [1.807, 2.05) is 43.3 Å². The molecule has 0 spiro atoms. The molecule has 0 unspecified atom stereocenters. The Morgan fingerprint density at radius 2 is 1.92 bits per heavy atom. The van der Waals surface area contributed by atoms with Crippen LogP contribution in [0.15, 0.2) is 35.1 Å². The van der Waals surface area contributed by atoms with E-state index in [1.54, 1.807) is 4.40 Å². The van der Waals surface area contributed by atoms with Crippen molar-refractivity contribution in [2.75, 3.05) is 6.79 Å². The summed E-state index contributed by atoms with van der Waals surface area (Å²) in [5.41, 5.74) is 4.93. The number of hydrogen-bond acceptors (Lipinski definition) is 5. The first-order valence-corrected chi connectivity index (χ1v) is 8.75. The topological polar surface area (TPSA) is 52.8 Å². The van der Waals surface area contributed by atoms with Crippen molar-refractivity contribution >= 4 is 33.4 Å². The Bertz CT molecular complexity index is 1270. The molecule has 0 radical (unpaired) electrons. The molecular formula is C19H14N2O3S. The molecule has 0 saturated carbocycles. The molecular weight excluding hydrogens is 336 g/mol. The van der Waals surface area contributed by atoms with Gasteiger partial charge >= 0.3 is 0 Å². The summed E-state index contributed by atoms with van der Waals surface area (Å²) in [5, 5.41) is 0. The van der Waals surface area contributed by atoms with E-state index in [0.717, 1.165) is 32.9 Å². The van der Waals surface area contributed by atoms with Crippen LogP contribution in [0, 0.1) is 13.8 Å². The highest BCUT2D eigenvalue weighted by atomic mass is 32.1. The highest BCUT2D eigenvalue weighted by molar-refractivity contribution is 7.15. The lowest BCUT2D eigenvalue weighted by molar-refractivity contribution is 0.174. The second-order valence-corrected chi connectivity index (χ2v) is 7.19. The van der Waals surface area contributed by atoms with Crippen molar-refractivity contribution in [2.45, 2.75) is 13.8 Å². The zero-order valence-electron chi connectivity index (χ0n) is 13.7. The van der Waals surface area contributed by atoms with Crippen LogP contribution in [0.3, 0.4) is 0 Å². The highest BCUT2D eigenvalue weighted by Gasteiger charge is 2.14. The fourth-order valence-electron chi connectivity index (χ4n) is 3.07. The SMILES string of the molecule is Cc1cc2nc3s/c(=C\c4ccc5c(c4)OCO5)c(=O)n3c2cc1C. The molecule has 0 aliphatic carbocycles. The molecule has 0 atom stereocenters. The number of aromatic nitrogens is 2. The molecule has 25 heavy (non-hydrogen) atoms. The van der Waals surface area contributed by atoms with Gasteiger partial charge in [0, 0.05) is 0 Å². The molecule has 6 heteroatoms. The molecule has 3 heterocycles. The minimum Gasteiger partial charge on any atom is -0.454 e. The zero-order chi connectivity index (χ0) is 17.1. The van der Waals surface area contributed by atoms with Crippen LogP contribution in [0.25, 0.3) is 22.1 Å². The molecule has 1 aliphatic rings. The Morgan fingerprint density at radius 1 is 1.12 bits per heavy atom. The van der Waals surface area contributed by atoms with Crippen LogP contribution in [-0.2, 0) is 0 Å². The minimum atomic E-state index is -0.0385. The zero-order valence-corrected chi connectivity index (χ0v) is 14.5. The van der Waals surface area contributed by atoms with Crippen LogP contribution in [0.5, 0.6) is 11.5 Å². The Hall–Kier alpha value is -2.86. The van der Waals surface area contributed by atoms with E-state index in [9.17, 15) is 4.79 Å². The number of rotatable bonds is 1. The second-order valence-electron chi connectivity index (χ2n) is 6.18. The molecule has 124 valence electrons. The lowest BCUT2D eigenvalue weighted by Crippen LogP contribution is -2.22. The second kappa shape index (κ2) is 5.07. The molecule has 0 bridgehead atoms. The smallest absolute Gasteiger partial charge is 0.274 e. The first-order chi connectivity index (χ1) is 12.1. The maximum Gasteiger partial charge on any atom is 0.274 e. The Balaban J connectivity index is 1.73. The van der Waals surface area contributed by atoms with Crippen LogP contribution < -0.4 is 19.6 Å². The third-order valence-corrected chi connectivity index (χ3v) is 5.52. The molecule has 0 amide bonds. The van der Waals surface area contributed by atoms with Gasteiger partial charge in [0.2, 0.25) is 6.79 Å². The average Bonchev–Trinajstić information content (AvgIpc) is 3.25. The van der Waals surface area contributed by atoms with Gasteiger partial charge in [0.25, 0.3) is 5.56 Å². The van der Waals surface area contributed by atoms with Crippen molar-refractivity contribution < 1.29 is 9.47 Å². The van der Waals surface area contributed by atoms with Gasteiger partial charge in [-0.3, -0.25) is 4.79 Å². The Labute approximate surface area is 146 Å². The van der Waals surface area contributed by atoms with E-state index in [2.05, 4.69) is 11.9 Å². The van der Waals surface area contributed by atoms with E-state index in [1.165, 1.54) is 16.9 Å². The summed E-state index contributed by atoms with van der Waals surface area (Å²) in [7, 11) is 0. The van der Waals surface area contributed by atoms with Crippen molar-refractivity contribution in [1.82, 2.24) is 9.38 Å². The molecule has 5 rings (SSSR count). The van der Waals surface area contributed by atoms with Crippen LogP contribution in [0.1, 0.15) is 16.7 Å². The maximum absolute atomic E-state index is 12.9. The molecule has 2 aromatic carbocycles. The van der Waals surface area contributed by atoms with Crippen molar-refractivity contribution in [1.29, 1.82) is 0 Å². The maximum atomic E-state index is 12.9. The summed E-state index contributed by atoms with van der Waals surface area (Å²) < 4.78 is 13.1. The quantitative estimate of drug-likeness (QED) is 0.530. The van der Waals surface area contributed by atoms with Crippen molar-refractivity contribution in [3.8, 4) is 11.5 Å². The van der Waals surface area contributed by atoms with Crippen molar-refractivity contribution in [3.63, 3.8) is 0 Å². The number of hydrogen-bond donors (Lipinski definition) is 0. The summed E-state index contributed by atoms with van der Waals surface area (Å²) >= 11 is 1.40. The van der Waals surface area contributed by atoms with Crippen LogP contribution in [0.2, 0.25) is 0 Å². The van der Waals surface area contributed by atoms with Gasteiger partial charge in [0.15, 0.2) is 16.5 Å². The lowest BCUT2D eigenvalue weighted by Gasteiger charge is -1.98. The van der Waals surface area contributed by atoms with Gasteiger partial charge in [-0.2, -0.15) is 0 Å². The third-order valence-electron chi connectivity index (χ3n) is 4.55. The monoisotopic (exact) mass is 350 g/mol. The summed E-state index contributed by atoms with van der Waals surface area (Å²) in [4.78, 5) is 18.2. The van der Waals surface area contributed by atoms with E-state index < -0.39 is 0 Å². The van der Waals surface area contributed by atoms with E-state index in [-0.39, 0.29) is 12.4 Å². The number of imidazole rings is 1. The number of thiazole rings is 1. The molecule has 4 aromatic rings. The molecule has 0 N–H and O–H groups in total. The van der Waals surface area contributed by atoms with Gasteiger partial charge in [-0.05, 0) is 60.9 Å². The van der Waals surface area contributed by atoms with Gasteiger partial charge in [-0.15, -0.1) is 0 Å². The number of fused-ring (bicyclic) bond motifs is 4.